The predicted molar refractivity (Wildman–Crippen MR) is 69.4 cm³/mol. The molecule has 0 saturated heterocycles. The van der Waals surface area contributed by atoms with Gasteiger partial charge in [-0.3, -0.25) is 15.1 Å². The van der Waals surface area contributed by atoms with Gasteiger partial charge in [0.05, 0.1) is 4.92 Å². The molecule has 18 heavy (non-hydrogen) atoms. The zero-order chi connectivity index (χ0) is 13.0. The summed E-state index contributed by atoms with van der Waals surface area (Å²) in [6.07, 6.45) is 3.56. The van der Waals surface area contributed by atoms with Gasteiger partial charge in [-0.25, -0.2) is 0 Å². The van der Waals surface area contributed by atoms with Crippen LogP contribution in [-0.2, 0) is 6.54 Å². The molecule has 0 amide bonds. The second-order valence-electron chi connectivity index (χ2n) is 3.96. The third kappa shape index (κ3) is 2.82. The van der Waals surface area contributed by atoms with Gasteiger partial charge in [0, 0.05) is 36.8 Å². The SMILES string of the molecule is Cc1cnccc1CNc1ccc([N+](=O)[O-])cc1. The number of aromatic nitrogens is 1. The molecule has 0 radical (unpaired) electrons. The number of rotatable bonds is 4. The minimum atomic E-state index is -0.406. The second kappa shape index (κ2) is 5.27. The molecule has 2 rings (SSSR count). The van der Waals surface area contributed by atoms with Gasteiger partial charge in [0.25, 0.3) is 5.69 Å². The zero-order valence-electron chi connectivity index (χ0n) is 9.96. The van der Waals surface area contributed by atoms with E-state index >= 15 is 0 Å². The Morgan fingerprint density at radius 3 is 2.61 bits per heavy atom. The van der Waals surface area contributed by atoms with Crippen LogP contribution in [0.4, 0.5) is 11.4 Å². The van der Waals surface area contributed by atoms with E-state index in [0.29, 0.717) is 6.54 Å². The van der Waals surface area contributed by atoms with E-state index in [1.807, 2.05) is 19.2 Å². The van der Waals surface area contributed by atoms with Gasteiger partial charge in [-0.15, -0.1) is 0 Å². The van der Waals surface area contributed by atoms with E-state index in [1.165, 1.54) is 12.1 Å². The van der Waals surface area contributed by atoms with E-state index in [1.54, 1.807) is 18.3 Å². The van der Waals surface area contributed by atoms with Crippen molar-refractivity contribution in [2.45, 2.75) is 13.5 Å². The Morgan fingerprint density at radius 2 is 2.00 bits per heavy atom. The first-order valence-corrected chi connectivity index (χ1v) is 5.54. The molecule has 5 nitrogen and oxygen atoms in total. The Kier molecular flexibility index (Phi) is 3.52. The van der Waals surface area contributed by atoms with Crippen molar-refractivity contribution in [2.24, 2.45) is 0 Å². The molecular formula is C13H13N3O2. The molecule has 0 spiro atoms. The molecule has 0 aliphatic rings. The Hall–Kier alpha value is -2.43. The highest BCUT2D eigenvalue weighted by molar-refractivity contribution is 5.49. The third-order valence-electron chi connectivity index (χ3n) is 2.70. The van der Waals surface area contributed by atoms with Gasteiger partial charge in [-0.05, 0) is 36.2 Å². The van der Waals surface area contributed by atoms with Crippen molar-refractivity contribution < 1.29 is 4.92 Å². The molecule has 1 N–H and O–H groups in total. The summed E-state index contributed by atoms with van der Waals surface area (Å²) < 4.78 is 0. The lowest BCUT2D eigenvalue weighted by Gasteiger charge is -2.08. The molecule has 1 aromatic carbocycles. The van der Waals surface area contributed by atoms with Crippen LogP contribution in [0.25, 0.3) is 0 Å². The van der Waals surface area contributed by atoms with Gasteiger partial charge >= 0.3 is 0 Å². The van der Waals surface area contributed by atoms with E-state index in [2.05, 4.69) is 10.3 Å². The minimum absolute atomic E-state index is 0.0978. The number of nitrogens with one attached hydrogen (secondary N) is 1. The number of non-ortho nitro benzene ring substituents is 1. The summed E-state index contributed by atoms with van der Waals surface area (Å²) in [5.74, 6) is 0. The summed E-state index contributed by atoms with van der Waals surface area (Å²) in [5.41, 5.74) is 3.23. The number of nitro groups is 1. The largest absolute Gasteiger partial charge is 0.381 e. The van der Waals surface area contributed by atoms with E-state index in [-0.39, 0.29) is 5.69 Å². The van der Waals surface area contributed by atoms with Crippen molar-refractivity contribution in [3.05, 3.63) is 64.0 Å². The molecule has 0 fully saturated rings. The summed E-state index contributed by atoms with van der Waals surface area (Å²) in [5, 5.41) is 13.7. The normalized spacial score (nSPS) is 10.1. The monoisotopic (exact) mass is 243 g/mol. The van der Waals surface area contributed by atoms with Crippen molar-refractivity contribution in [2.75, 3.05) is 5.32 Å². The van der Waals surface area contributed by atoms with Crippen molar-refractivity contribution in [1.29, 1.82) is 0 Å². The summed E-state index contributed by atoms with van der Waals surface area (Å²) in [4.78, 5) is 14.1. The molecule has 0 bridgehead atoms. The van der Waals surface area contributed by atoms with Crippen LogP contribution in [0.5, 0.6) is 0 Å². The number of aryl methyl sites for hydroxylation is 1. The van der Waals surface area contributed by atoms with Gasteiger partial charge < -0.3 is 5.32 Å². The minimum Gasteiger partial charge on any atom is -0.381 e. The maximum Gasteiger partial charge on any atom is 0.269 e. The van der Waals surface area contributed by atoms with Crippen molar-refractivity contribution in [3.63, 3.8) is 0 Å². The van der Waals surface area contributed by atoms with Crippen LogP contribution in [-0.4, -0.2) is 9.91 Å². The van der Waals surface area contributed by atoms with E-state index in [0.717, 1.165) is 16.8 Å². The van der Waals surface area contributed by atoms with Gasteiger partial charge in [0.2, 0.25) is 0 Å². The highest BCUT2D eigenvalue weighted by Crippen LogP contribution is 2.16. The number of nitrogens with zero attached hydrogens (tertiary/aromatic N) is 2. The fourth-order valence-electron chi connectivity index (χ4n) is 1.60. The molecule has 0 aliphatic heterocycles. The summed E-state index contributed by atoms with van der Waals surface area (Å²) in [6.45, 7) is 2.67. The first kappa shape index (κ1) is 12.0. The summed E-state index contributed by atoms with van der Waals surface area (Å²) in [6, 6.07) is 8.33. The van der Waals surface area contributed by atoms with E-state index < -0.39 is 4.92 Å². The van der Waals surface area contributed by atoms with Crippen LogP contribution < -0.4 is 5.32 Å². The average molecular weight is 243 g/mol. The van der Waals surface area contributed by atoms with Crippen LogP contribution in [0.2, 0.25) is 0 Å². The number of hydrogen-bond donors (Lipinski definition) is 1. The van der Waals surface area contributed by atoms with Crippen molar-refractivity contribution in [3.8, 4) is 0 Å². The van der Waals surface area contributed by atoms with Crippen molar-refractivity contribution in [1.82, 2.24) is 4.98 Å². The maximum atomic E-state index is 10.5. The first-order valence-electron chi connectivity index (χ1n) is 5.54. The fourth-order valence-corrected chi connectivity index (χ4v) is 1.60. The van der Waals surface area contributed by atoms with Crippen molar-refractivity contribution >= 4 is 11.4 Å². The van der Waals surface area contributed by atoms with Gasteiger partial charge in [0.15, 0.2) is 0 Å². The van der Waals surface area contributed by atoms with Crippen LogP contribution in [0.1, 0.15) is 11.1 Å². The molecule has 2 aromatic rings. The molecule has 5 heteroatoms. The average Bonchev–Trinajstić information content (AvgIpc) is 2.38. The number of hydrogen-bond acceptors (Lipinski definition) is 4. The zero-order valence-corrected chi connectivity index (χ0v) is 9.96. The lowest BCUT2D eigenvalue weighted by molar-refractivity contribution is -0.384. The first-order chi connectivity index (χ1) is 8.66. The molecule has 0 unspecified atom stereocenters. The van der Waals surface area contributed by atoms with Gasteiger partial charge in [-0.1, -0.05) is 0 Å². The Balaban J connectivity index is 2.02. The quantitative estimate of drug-likeness (QED) is 0.662. The van der Waals surface area contributed by atoms with Crippen LogP contribution >= 0.6 is 0 Å². The Bertz CT molecular complexity index is 552. The Morgan fingerprint density at radius 1 is 1.28 bits per heavy atom. The highest BCUT2D eigenvalue weighted by Gasteiger charge is 2.03. The summed E-state index contributed by atoms with van der Waals surface area (Å²) in [7, 11) is 0. The third-order valence-corrected chi connectivity index (χ3v) is 2.70. The maximum absolute atomic E-state index is 10.5. The fraction of sp³-hybridized carbons (Fsp3) is 0.154. The van der Waals surface area contributed by atoms with Gasteiger partial charge in [-0.2, -0.15) is 0 Å². The second-order valence-corrected chi connectivity index (χ2v) is 3.96. The van der Waals surface area contributed by atoms with Gasteiger partial charge in [0.1, 0.15) is 0 Å². The Labute approximate surface area is 105 Å². The van der Waals surface area contributed by atoms with Crippen LogP contribution in [0.15, 0.2) is 42.7 Å². The van der Waals surface area contributed by atoms with E-state index in [4.69, 9.17) is 0 Å². The van der Waals surface area contributed by atoms with E-state index in [9.17, 15) is 10.1 Å². The molecule has 1 heterocycles. The topological polar surface area (TPSA) is 68.1 Å². The molecule has 92 valence electrons. The predicted octanol–water partition coefficient (Wildman–Crippen LogP) is 2.91. The summed E-state index contributed by atoms with van der Waals surface area (Å²) >= 11 is 0. The molecule has 1 aromatic heterocycles. The standard InChI is InChI=1S/C13H13N3O2/c1-10-8-14-7-6-11(10)9-15-12-2-4-13(5-3-12)16(17)18/h2-8,15H,9H2,1H3. The number of anilines is 1. The molecular weight excluding hydrogens is 230 g/mol. The van der Waals surface area contributed by atoms with Crippen LogP contribution in [0.3, 0.4) is 0 Å². The lowest BCUT2D eigenvalue weighted by Crippen LogP contribution is -2.01. The molecule has 0 aliphatic carbocycles. The smallest absolute Gasteiger partial charge is 0.269 e. The lowest BCUT2D eigenvalue weighted by atomic mass is 10.1. The molecule has 0 saturated carbocycles. The molecule has 0 atom stereocenters. The number of benzene rings is 1. The highest BCUT2D eigenvalue weighted by atomic mass is 16.6. The number of nitro benzene ring substituents is 1. The van der Waals surface area contributed by atoms with Crippen LogP contribution in [0, 0.1) is 17.0 Å². The number of pyridine rings is 1.